The normalized spacial score (nSPS) is 17.7. The van der Waals surface area contributed by atoms with Crippen LogP contribution in [0.2, 0.25) is 0 Å². The standard InChI is InChI=1S/C25H22O2/c1-27-24-9-5-4-8-20(24)17-10-12-21-18(14-17)11-13-22-19-7-3-2-6-16(19)15-23(26)25(21)22/h2-9,11,13,17H,10,12,14-15H2,1H3. The summed E-state index contributed by atoms with van der Waals surface area (Å²) >= 11 is 0. The molecule has 0 radical (unpaired) electrons. The number of Topliss-reactive ketones (excluding diaryl/α,β-unsaturated/α-hetero) is 1. The summed E-state index contributed by atoms with van der Waals surface area (Å²) in [6, 6.07) is 21.0. The number of hydrogen-bond donors (Lipinski definition) is 0. The zero-order chi connectivity index (χ0) is 18.4. The maximum atomic E-state index is 13.0. The van der Waals surface area contributed by atoms with Crippen molar-refractivity contribution in [3.8, 4) is 16.9 Å². The van der Waals surface area contributed by atoms with Gasteiger partial charge in [-0.05, 0) is 64.6 Å². The molecule has 0 bridgehead atoms. The molecule has 0 heterocycles. The third-order valence-corrected chi connectivity index (χ3v) is 6.14. The molecule has 1 atom stereocenters. The van der Waals surface area contributed by atoms with E-state index in [1.807, 2.05) is 18.2 Å². The van der Waals surface area contributed by atoms with E-state index in [1.54, 1.807) is 7.11 Å². The van der Waals surface area contributed by atoms with Gasteiger partial charge in [-0.3, -0.25) is 4.79 Å². The van der Waals surface area contributed by atoms with E-state index in [4.69, 9.17) is 4.74 Å². The number of rotatable bonds is 2. The van der Waals surface area contributed by atoms with Crippen molar-refractivity contribution in [3.63, 3.8) is 0 Å². The molecule has 0 spiro atoms. The minimum absolute atomic E-state index is 0.274. The molecule has 2 heteroatoms. The first-order chi connectivity index (χ1) is 13.3. The van der Waals surface area contributed by atoms with Crippen LogP contribution in [-0.2, 0) is 19.3 Å². The Labute approximate surface area is 159 Å². The van der Waals surface area contributed by atoms with Crippen LogP contribution in [0.4, 0.5) is 0 Å². The maximum Gasteiger partial charge on any atom is 0.168 e. The monoisotopic (exact) mass is 354 g/mol. The van der Waals surface area contributed by atoms with Gasteiger partial charge in [0.1, 0.15) is 5.75 Å². The summed E-state index contributed by atoms with van der Waals surface area (Å²) in [5.41, 5.74) is 8.35. The number of para-hydroxylation sites is 1. The topological polar surface area (TPSA) is 26.3 Å². The maximum absolute atomic E-state index is 13.0. The van der Waals surface area contributed by atoms with Crippen LogP contribution in [0.5, 0.6) is 5.75 Å². The van der Waals surface area contributed by atoms with E-state index in [0.717, 1.165) is 41.7 Å². The molecule has 3 aromatic carbocycles. The number of hydrogen-bond acceptors (Lipinski definition) is 2. The van der Waals surface area contributed by atoms with Crippen LogP contribution in [-0.4, -0.2) is 12.9 Å². The number of ether oxygens (including phenoxy) is 1. The van der Waals surface area contributed by atoms with Gasteiger partial charge in [-0.1, -0.05) is 54.6 Å². The van der Waals surface area contributed by atoms with Crippen LogP contribution in [0.15, 0.2) is 60.7 Å². The average Bonchev–Trinajstić information content (AvgIpc) is 2.73. The fraction of sp³-hybridized carbons (Fsp3) is 0.240. The first-order valence-corrected chi connectivity index (χ1v) is 9.65. The molecule has 0 aliphatic heterocycles. The zero-order valence-electron chi connectivity index (χ0n) is 15.5. The van der Waals surface area contributed by atoms with Gasteiger partial charge in [-0.15, -0.1) is 0 Å². The van der Waals surface area contributed by atoms with E-state index < -0.39 is 0 Å². The highest BCUT2D eigenvalue weighted by Crippen LogP contribution is 2.42. The van der Waals surface area contributed by atoms with Crippen LogP contribution in [0, 0.1) is 0 Å². The first-order valence-electron chi connectivity index (χ1n) is 9.65. The quantitative estimate of drug-likeness (QED) is 0.618. The summed E-state index contributed by atoms with van der Waals surface area (Å²) in [5.74, 6) is 1.68. The zero-order valence-corrected chi connectivity index (χ0v) is 15.5. The van der Waals surface area contributed by atoms with E-state index in [0.29, 0.717) is 12.3 Å². The minimum atomic E-state index is 0.274. The third-order valence-electron chi connectivity index (χ3n) is 6.14. The Bertz CT molecular complexity index is 1050. The molecule has 27 heavy (non-hydrogen) atoms. The second-order valence-corrected chi connectivity index (χ2v) is 7.56. The number of carbonyl (C=O) groups excluding carboxylic acids is 1. The molecular formula is C25H22O2. The molecule has 3 aromatic rings. The Morgan fingerprint density at radius 3 is 2.59 bits per heavy atom. The van der Waals surface area contributed by atoms with Crippen LogP contribution < -0.4 is 4.74 Å². The SMILES string of the molecule is COc1ccccc1C1CCc2c(ccc3c2C(=O)Cc2ccccc2-3)C1. The van der Waals surface area contributed by atoms with E-state index in [2.05, 4.69) is 42.5 Å². The van der Waals surface area contributed by atoms with Crippen molar-refractivity contribution in [3.05, 3.63) is 88.5 Å². The molecule has 0 amide bonds. The molecule has 1 unspecified atom stereocenters. The highest BCUT2D eigenvalue weighted by atomic mass is 16.5. The van der Waals surface area contributed by atoms with Gasteiger partial charge in [0.25, 0.3) is 0 Å². The largest absolute Gasteiger partial charge is 0.496 e. The average molecular weight is 354 g/mol. The van der Waals surface area contributed by atoms with E-state index in [-0.39, 0.29) is 5.78 Å². The number of fused-ring (bicyclic) bond motifs is 5. The van der Waals surface area contributed by atoms with E-state index in [9.17, 15) is 4.79 Å². The highest BCUT2D eigenvalue weighted by molar-refractivity contribution is 6.08. The van der Waals surface area contributed by atoms with Crippen molar-refractivity contribution < 1.29 is 9.53 Å². The fourth-order valence-corrected chi connectivity index (χ4v) is 4.86. The molecule has 0 saturated heterocycles. The molecule has 5 rings (SSSR count). The third kappa shape index (κ3) is 2.59. The molecule has 0 aromatic heterocycles. The summed E-state index contributed by atoms with van der Waals surface area (Å²) in [6.45, 7) is 0. The first kappa shape index (κ1) is 16.3. The van der Waals surface area contributed by atoms with Gasteiger partial charge in [0.15, 0.2) is 5.78 Å². The summed E-state index contributed by atoms with van der Waals surface area (Å²) in [5, 5.41) is 0. The fourth-order valence-electron chi connectivity index (χ4n) is 4.86. The lowest BCUT2D eigenvalue weighted by atomic mass is 9.74. The molecule has 2 aliphatic carbocycles. The Morgan fingerprint density at radius 1 is 0.889 bits per heavy atom. The Morgan fingerprint density at radius 2 is 1.70 bits per heavy atom. The Kier molecular flexibility index (Phi) is 3.86. The van der Waals surface area contributed by atoms with E-state index >= 15 is 0 Å². The molecule has 2 aliphatic rings. The van der Waals surface area contributed by atoms with Gasteiger partial charge in [-0.2, -0.15) is 0 Å². The van der Waals surface area contributed by atoms with Crippen molar-refractivity contribution >= 4 is 5.78 Å². The smallest absolute Gasteiger partial charge is 0.168 e. The molecule has 2 nitrogen and oxygen atoms in total. The molecular weight excluding hydrogens is 332 g/mol. The van der Waals surface area contributed by atoms with Crippen LogP contribution in [0.3, 0.4) is 0 Å². The predicted molar refractivity (Wildman–Crippen MR) is 108 cm³/mol. The van der Waals surface area contributed by atoms with Crippen LogP contribution in [0.25, 0.3) is 11.1 Å². The Balaban J connectivity index is 1.57. The van der Waals surface area contributed by atoms with Gasteiger partial charge in [0.05, 0.1) is 7.11 Å². The number of ketones is 1. The van der Waals surface area contributed by atoms with Gasteiger partial charge in [0.2, 0.25) is 0 Å². The minimum Gasteiger partial charge on any atom is -0.496 e. The Hall–Kier alpha value is -2.87. The lowest BCUT2D eigenvalue weighted by molar-refractivity contribution is 0.0990. The van der Waals surface area contributed by atoms with Gasteiger partial charge in [-0.25, -0.2) is 0 Å². The van der Waals surface area contributed by atoms with Crippen LogP contribution in [0.1, 0.15) is 45.0 Å². The summed E-state index contributed by atoms with van der Waals surface area (Å²) in [7, 11) is 1.74. The molecule has 0 fully saturated rings. The van der Waals surface area contributed by atoms with Gasteiger partial charge in [0, 0.05) is 12.0 Å². The van der Waals surface area contributed by atoms with Crippen molar-refractivity contribution in [1.29, 1.82) is 0 Å². The van der Waals surface area contributed by atoms with Crippen molar-refractivity contribution in [2.24, 2.45) is 0 Å². The lowest BCUT2D eigenvalue weighted by Crippen LogP contribution is -2.21. The number of benzene rings is 3. The van der Waals surface area contributed by atoms with Gasteiger partial charge >= 0.3 is 0 Å². The van der Waals surface area contributed by atoms with Crippen LogP contribution >= 0.6 is 0 Å². The van der Waals surface area contributed by atoms with E-state index in [1.165, 1.54) is 22.3 Å². The van der Waals surface area contributed by atoms with Crippen molar-refractivity contribution in [2.45, 2.75) is 31.6 Å². The molecule has 134 valence electrons. The summed E-state index contributed by atoms with van der Waals surface area (Å²) in [4.78, 5) is 13.0. The number of methoxy groups -OCH3 is 1. The predicted octanol–water partition coefficient (Wildman–Crippen LogP) is 5.37. The number of carbonyl (C=O) groups is 1. The molecule has 0 N–H and O–H groups in total. The van der Waals surface area contributed by atoms with Crippen molar-refractivity contribution in [2.75, 3.05) is 7.11 Å². The highest BCUT2D eigenvalue weighted by Gasteiger charge is 2.30. The van der Waals surface area contributed by atoms with Crippen molar-refractivity contribution in [1.82, 2.24) is 0 Å². The molecule has 0 saturated carbocycles. The summed E-state index contributed by atoms with van der Waals surface area (Å²) in [6.07, 6.45) is 3.50. The summed E-state index contributed by atoms with van der Waals surface area (Å²) < 4.78 is 5.58. The van der Waals surface area contributed by atoms with Gasteiger partial charge < -0.3 is 4.74 Å². The second kappa shape index (κ2) is 6.38. The second-order valence-electron chi connectivity index (χ2n) is 7.56. The lowest BCUT2D eigenvalue weighted by Gasteiger charge is -2.30.